The molecule has 0 aliphatic rings. The molecule has 9 heavy (non-hydrogen) atoms. The average Bonchev–Trinajstić information content (AvgIpc) is 1.84. The molecule has 0 amide bonds. The largest absolute Gasteiger partial charge is 0.656 e. The molecule has 0 aromatic rings. The number of rotatable bonds is 2. The molecule has 0 heterocycles. The molecule has 0 unspecified atom stereocenters. The zero-order valence-electron chi connectivity index (χ0n) is 5.93. The van der Waals surface area contributed by atoms with E-state index >= 15 is 0 Å². The lowest BCUT2D eigenvalue weighted by Gasteiger charge is -2.01. The molecule has 0 spiro atoms. The molecule has 48 valence electrons. The van der Waals surface area contributed by atoms with Gasteiger partial charge in [0.05, 0.1) is 18.3 Å². The van der Waals surface area contributed by atoms with Crippen molar-refractivity contribution in [3.63, 3.8) is 0 Å². The maximum absolute atomic E-state index is 8.89. The predicted molar refractivity (Wildman–Crippen MR) is 37.8 cm³/mol. The van der Waals surface area contributed by atoms with Crippen molar-refractivity contribution in [1.82, 2.24) is 0 Å². The number of ketones is 1. The quantitative estimate of drug-likeness (QED) is 0.244. The molecule has 2 nitrogen and oxygen atoms in total. The van der Waals surface area contributed by atoms with E-state index in [0.29, 0.717) is 5.78 Å². The molecule has 0 aliphatic heterocycles. The van der Waals surface area contributed by atoms with Crippen LogP contribution in [0, 0.1) is 0 Å². The van der Waals surface area contributed by atoms with Crippen LogP contribution in [0.3, 0.4) is 0 Å². The molecule has 0 fully saturated rings. The Kier molecular flexibility index (Phi) is 3.60. The van der Waals surface area contributed by atoms with E-state index in [0.717, 1.165) is 11.3 Å². The summed E-state index contributed by atoms with van der Waals surface area (Å²) in [6.07, 6.45) is 0. The molecule has 0 aliphatic carbocycles. The van der Waals surface area contributed by atoms with Crippen LogP contribution in [0.5, 0.6) is 0 Å². The van der Waals surface area contributed by atoms with E-state index in [1.54, 1.807) is 20.8 Å². The highest BCUT2D eigenvalue weighted by Crippen LogP contribution is 2.02. The summed E-state index contributed by atoms with van der Waals surface area (Å²) in [5, 5.41) is 0. The van der Waals surface area contributed by atoms with Crippen molar-refractivity contribution in [2.45, 2.75) is 20.8 Å². The van der Waals surface area contributed by atoms with Gasteiger partial charge in [-0.15, -0.1) is 0 Å². The standard InChI is InChI=1S/C6H10O2.Al/c1-4(5(2)7)6(3)8;/h7H,1-3H3;/q;+1/b5-4-;. The summed E-state index contributed by atoms with van der Waals surface area (Å²) >= 11 is 2.13. The van der Waals surface area contributed by atoms with Gasteiger partial charge < -0.3 is 3.79 Å². The van der Waals surface area contributed by atoms with Gasteiger partial charge in [0.25, 0.3) is 0 Å². The maximum Gasteiger partial charge on any atom is 0.481 e. The summed E-state index contributed by atoms with van der Waals surface area (Å²) in [4.78, 5) is 8.89. The number of allylic oxidation sites excluding steroid dienone is 2. The Morgan fingerprint density at radius 2 is 1.78 bits per heavy atom. The van der Waals surface area contributed by atoms with E-state index in [-0.39, 0.29) is 0 Å². The Hall–Kier alpha value is -0.258. The predicted octanol–water partition coefficient (Wildman–Crippen LogP) is 0.945. The van der Waals surface area contributed by atoms with Crippen LogP contribution in [0.4, 0.5) is 0 Å². The number of carbonyl (C=O) groups excluding carboxylic acids is 1. The van der Waals surface area contributed by atoms with Gasteiger partial charge >= 0.3 is 22.4 Å². The smallest absolute Gasteiger partial charge is 0.481 e. The van der Waals surface area contributed by atoms with Gasteiger partial charge in [-0.1, -0.05) is 0 Å². The van der Waals surface area contributed by atoms with Crippen molar-refractivity contribution in [1.29, 1.82) is 0 Å². The van der Waals surface area contributed by atoms with E-state index in [9.17, 15) is 0 Å². The highest BCUT2D eigenvalue weighted by atomic mass is 27.1. The van der Waals surface area contributed by atoms with Crippen LogP contribution in [0.1, 0.15) is 20.8 Å². The lowest BCUT2D eigenvalue weighted by atomic mass is 10.2. The van der Waals surface area contributed by atoms with E-state index in [1.165, 1.54) is 0 Å². The van der Waals surface area contributed by atoms with Crippen LogP contribution in [0.15, 0.2) is 11.3 Å². The van der Waals surface area contributed by atoms with Crippen molar-refractivity contribution in [3.8, 4) is 0 Å². The lowest BCUT2D eigenvalue weighted by molar-refractivity contribution is 0.467. The fourth-order valence-corrected chi connectivity index (χ4v) is 0.520. The zero-order valence-corrected chi connectivity index (χ0v) is 7.09. The fraction of sp³-hybridized carbons (Fsp3) is 0.500. The van der Waals surface area contributed by atoms with E-state index in [4.69, 9.17) is 8.58 Å². The maximum atomic E-state index is 8.89. The Morgan fingerprint density at radius 3 is 1.89 bits per heavy atom. The van der Waals surface area contributed by atoms with Crippen molar-refractivity contribution >= 4 is 22.4 Å². The Balaban J connectivity index is 4.28. The van der Waals surface area contributed by atoms with Crippen molar-refractivity contribution in [3.05, 3.63) is 11.3 Å². The first-order valence-corrected chi connectivity index (χ1v) is 3.13. The molecule has 0 saturated heterocycles. The van der Waals surface area contributed by atoms with Crippen LogP contribution in [0.25, 0.3) is 0 Å². The van der Waals surface area contributed by atoms with Gasteiger partial charge in [-0.2, -0.15) is 0 Å². The molecule has 0 rings (SSSR count). The van der Waals surface area contributed by atoms with Gasteiger partial charge in [0.1, 0.15) is 0 Å². The van der Waals surface area contributed by atoms with E-state index in [2.05, 4.69) is 16.6 Å². The van der Waals surface area contributed by atoms with Crippen LogP contribution >= 0.6 is 0 Å². The summed E-state index contributed by atoms with van der Waals surface area (Å²) < 4.78 is 4.79. The number of hydrogen-bond donors (Lipinski definition) is 0. The highest BCUT2D eigenvalue weighted by Gasteiger charge is 2.05. The first-order valence-electron chi connectivity index (χ1n) is 2.66. The van der Waals surface area contributed by atoms with Gasteiger partial charge in [0, 0.05) is 0 Å². The molecule has 1 N–H and O–H groups in total. The van der Waals surface area contributed by atoms with Gasteiger partial charge in [-0.25, -0.2) is 0 Å². The number of hydrogen-bond acceptors (Lipinski definition) is 1. The van der Waals surface area contributed by atoms with Crippen molar-refractivity contribution in [2.75, 3.05) is 0 Å². The second kappa shape index (κ2) is 3.71. The van der Waals surface area contributed by atoms with Crippen LogP contribution in [-0.2, 0) is 3.79 Å². The Morgan fingerprint density at radius 1 is 1.33 bits per heavy atom. The first kappa shape index (κ1) is 8.74. The second-order valence-electron chi connectivity index (χ2n) is 1.88. The molecule has 0 aromatic heterocycles. The van der Waals surface area contributed by atoms with Crippen molar-refractivity contribution < 1.29 is 8.58 Å². The van der Waals surface area contributed by atoms with Crippen LogP contribution in [-0.4, -0.2) is 27.2 Å². The minimum atomic E-state index is 0.301. The monoisotopic (exact) mass is 141 g/mol. The SMILES string of the molecule is CC(=[OH+])/C(C)=C(/C)[O][Al]. The summed E-state index contributed by atoms with van der Waals surface area (Å²) in [6.45, 7) is 5.22. The summed E-state index contributed by atoms with van der Waals surface area (Å²) in [6, 6.07) is 0. The summed E-state index contributed by atoms with van der Waals surface area (Å²) in [5.41, 5.74) is 0.782. The van der Waals surface area contributed by atoms with Gasteiger partial charge in [-0.3, -0.25) is 4.79 Å². The average molecular weight is 141 g/mol. The second-order valence-corrected chi connectivity index (χ2v) is 2.12. The van der Waals surface area contributed by atoms with Crippen LogP contribution < -0.4 is 0 Å². The molecular weight excluding hydrogens is 131 g/mol. The molecular formula is C6H10AlO2+. The van der Waals surface area contributed by atoms with Crippen molar-refractivity contribution in [2.24, 2.45) is 0 Å². The lowest BCUT2D eigenvalue weighted by Crippen LogP contribution is -1.97. The summed E-state index contributed by atoms with van der Waals surface area (Å²) in [5.74, 6) is 1.02. The third-order valence-corrected chi connectivity index (χ3v) is 1.60. The van der Waals surface area contributed by atoms with E-state index < -0.39 is 0 Å². The topological polar surface area (TPSA) is 30.6 Å². The zero-order chi connectivity index (χ0) is 7.44. The highest BCUT2D eigenvalue weighted by molar-refractivity contribution is 6.00. The minimum absolute atomic E-state index is 0.301. The third-order valence-electron chi connectivity index (χ3n) is 1.25. The van der Waals surface area contributed by atoms with Gasteiger partial charge in [0.15, 0.2) is 0 Å². The fourth-order valence-electron chi connectivity index (χ4n) is 0.343. The molecule has 2 radical (unpaired) electrons. The van der Waals surface area contributed by atoms with E-state index in [1.807, 2.05) is 0 Å². The minimum Gasteiger partial charge on any atom is -0.656 e. The van der Waals surface area contributed by atoms with Crippen LogP contribution in [0.2, 0.25) is 0 Å². The normalized spacial score (nSPS) is 12.3. The molecule has 3 heteroatoms. The molecule has 0 bridgehead atoms. The molecule has 0 atom stereocenters. The molecule has 0 saturated carbocycles. The molecule has 0 aromatic carbocycles. The first-order chi connectivity index (χ1) is 4.09. The van der Waals surface area contributed by atoms with Gasteiger partial charge in [-0.05, 0) is 13.8 Å². The third kappa shape index (κ3) is 2.69. The Bertz CT molecular complexity index is 149. The summed E-state index contributed by atoms with van der Waals surface area (Å²) in [7, 11) is 0. The Labute approximate surface area is 63.6 Å². The van der Waals surface area contributed by atoms with Gasteiger partial charge in [0.2, 0.25) is 0 Å².